The van der Waals surface area contributed by atoms with Gasteiger partial charge in [0.2, 0.25) is 5.95 Å². The molecule has 0 unspecified atom stereocenters. The van der Waals surface area contributed by atoms with Gasteiger partial charge in [0.25, 0.3) is 0 Å². The third kappa shape index (κ3) is 2.77. The molecule has 0 amide bonds. The molecule has 3 rings (SSSR count). The van der Waals surface area contributed by atoms with Crippen molar-refractivity contribution in [1.29, 1.82) is 0 Å². The minimum atomic E-state index is 0.214. The molecule has 110 valence electrons. The van der Waals surface area contributed by atoms with Crippen molar-refractivity contribution in [2.24, 2.45) is 5.92 Å². The maximum Gasteiger partial charge on any atom is 0.225 e. The van der Waals surface area contributed by atoms with Crippen molar-refractivity contribution < 1.29 is 9.47 Å². The van der Waals surface area contributed by atoms with Gasteiger partial charge in [0.15, 0.2) is 0 Å². The molecule has 0 N–H and O–H groups in total. The lowest BCUT2D eigenvalue weighted by Gasteiger charge is -2.21. The minimum Gasteiger partial charge on any atom is -0.379 e. The maximum atomic E-state index is 6.06. The molecule has 0 bridgehead atoms. The number of aromatic nitrogens is 2. The van der Waals surface area contributed by atoms with E-state index < -0.39 is 0 Å². The third-order valence-corrected chi connectivity index (χ3v) is 4.03. The zero-order valence-electron chi connectivity index (χ0n) is 12.1. The number of nitrogens with zero attached hydrogens (tertiary/aromatic N) is 4. The van der Waals surface area contributed by atoms with Crippen LogP contribution in [0.4, 0.5) is 5.95 Å². The predicted octanol–water partition coefficient (Wildman–Crippen LogP) is 0.258. The van der Waals surface area contributed by atoms with Crippen molar-refractivity contribution in [1.82, 2.24) is 14.9 Å². The van der Waals surface area contributed by atoms with E-state index in [2.05, 4.69) is 33.9 Å². The Labute approximate surface area is 119 Å². The standard InChI is InChI=1S/C14H22N4O2/c1-17(2)6-7-20-13-8-18(12-10-19-9-11(12)13)14-15-4-3-5-16-14/h3-5,11-13H,6-10H2,1-2H3/t11-,12+,13-/m1/s1. The highest BCUT2D eigenvalue weighted by atomic mass is 16.5. The molecule has 0 aromatic carbocycles. The number of rotatable bonds is 5. The smallest absolute Gasteiger partial charge is 0.225 e. The Morgan fingerprint density at radius 2 is 2.15 bits per heavy atom. The summed E-state index contributed by atoms with van der Waals surface area (Å²) in [7, 11) is 4.12. The van der Waals surface area contributed by atoms with Crippen LogP contribution in [-0.4, -0.2) is 74.0 Å². The summed E-state index contributed by atoms with van der Waals surface area (Å²) in [6.45, 7) is 4.08. The van der Waals surface area contributed by atoms with Gasteiger partial charge in [0, 0.05) is 31.4 Å². The van der Waals surface area contributed by atoms with E-state index in [1.165, 1.54) is 0 Å². The van der Waals surface area contributed by atoms with E-state index >= 15 is 0 Å². The second-order valence-corrected chi connectivity index (χ2v) is 5.68. The van der Waals surface area contributed by atoms with Gasteiger partial charge in [-0.3, -0.25) is 0 Å². The first-order valence-corrected chi connectivity index (χ1v) is 7.13. The van der Waals surface area contributed by atoms with Crippen LogP contribution in [0.5, 0.6) is 0 Å². The Morgan fingerprint density at radius 1 is 1.35 bits per heavy atom. The molecule has 1 aromatic heterocycles. The largest absolute Gasteiger partial charge is 0.379 e. The van der Waals surface area contributed by atoms with Crippen molar-refractivity contribution in [2.75, 3.05) is 51.9 Å². The molecule has 0 spiro atoms. The predicted molar refractivity (Wildman–Crippen MR) is 75.8 cm³/mol. The summed E-state index contributed by atoms with van der Waals surface area (Å²) in [5.74, 6) is 1.22. The van der Waals surface area contributed by atoms with Gasteiger partial charge in [-0.25, -0.2) is 9.97 Å². The molecule has 3 atom stereocenters. The monoisotopic (exact) mass is 278 g/mol. The Bertz CT molecular complexity index is 428. The molecule has 6 nitrogen and oxygen atoms in total. The zero-order valence-corrected chi connectivity index (χ0v) is 12.1. The molecule has 0 aliphatic carbocycles. The Balaban J connectivity index is 1.66. The van der Waals surface area contributed by atoms with Crippen molar-refractivity contribution in [2.45, 2.75) is 12.1 Å². The summed E-state index contributed by atoms with van der Waals surface area (Å²) >= 11 is 0. The molecular formula is C14H22N4O2. The van der Waals surface area contributed by atoms with Gasteiger partial charge in [-0.2, -0.15) is 0 Å². The summed E-state index contributed by atoms with van der Waals surface area (Å²) in [6, 6.07) is 2.19. The van der Waals surface area contributed by atoms with E-state index in [4.69, 9.17) is 9.47 Å². The molecule has 3 heterocycles. The van der Waals surface area contributed by atoms with Gasteiger partial charge in [0.05, 0.1) is 32.0 Å². The van der Waals surface area contributed by atoms with Gasteiger partial charge in [-0.15, -0.1) is 0 Å². The molecule has 0 saturated carbocycles. The number of likely N-dealkylation sites (N-methyl/N-ethyl adjacent to an activating group) is 1. The van der Waals surface area contributed by atoms with Crippen molar-refractivity contribution >= 4 is 5.95 Å². The molecule has 2 fully saturated rings. The van der Waals surface area contributed by atoms with Gasteiger partial charge in [-0.05, 0) is 20.2 Å². The summed E-state index contributed by atoms with van der Waals surface area (Å²) in [5.41, 5.74) is 0. The second-order valence-electron chi connectivity index (χ2n) is 5.68. The van der Waals surface area contributed by atoms with Crippen molar-refractivity contribution in [3.05, 3.63) is 18.5 Å². The molecular weight excluding hydrogens is 256 g/mol. The number of ether oxygens (including phenoxy) is 2. The van der Waals surface area contributed by atoms with Crippen LogP contribution < -0.4 is 4.90 Å². The highest BCUT2D eigenvalue weighted by Crippen LogP contribution is 2.33. The van der Waals surface area contributed by atoms with Crippen LogP contribution in [0.3, 0.4) is 0 Å². The Morgan fingerprint density at radius 3 is 2.90 bits per heavy atom. The van der Waals surface area contributed by atoms with Crippen LogP contribution in [0.2, 0.25) is 0 Å². The molecule has 2 saturated heterocycles. The highest BCUT2D eigenvalue weighted by Gasteiger charge is 2.46. The van der Waals surface area contributed by atoms with E-state index in [0.717, 1.165) is 38.9 Å². The van der Waals surface area contributed by atoms with E-state index in [9.17, 15) is 0 Å². The zero-order chi connectivity index (χ0) is 13.9. The van der Waals surface area contributed by atoms with Crippen LogP contribution >= 0.6 is 0 Å². The average Bonchev–Trinajstić information content (AvgIpc) is 3.03. The van der Waals surface area contributed by atoms with Crippen LogP contribution in [0.1, 0.15) is 0 Å². The fourth-order valence-electron chi connectivity index (χ4n) is 2.93. The normalized spacial score (nSPS) is 29.1. The number of hydrogen-bond donors (Lipinski definition) is 0. The molecule has 20 heavy (non-hydrogen) atoms. The van der Waals surface area contributed by atoms with Gasteiger partial charge < -0.3 is 19.3 Å². The number of hydrogen-bond acceptors (Lipinski definition) is 6. The fraction of sp³-hybridized carbons (Fsp3) is 0.714. The third-order valence-electron chi connectivity index (χ3n) is 4.03. The van der Waals surface area contributed by atoms with Gasteiger partial charge >= 0.3 is 0 Å². The van der Waals surface area contributed by atoms with Crippen LogP contribution in [-0.2, 0) is 9.47 Å². The summed E-state index contributed by atoms with van der Waals surface area (Å²) in [4.78, 5) is 13.1. The van der Waals surface area contributed by atoms with Gasteiger partial charge in [-0.1, -0.05) is 0 Å². The first kappa shape index (κ1) is 13.7. The molecule has 0 radical (unpaired) electrons. The first-order valence-electron chi connectivity index (χ1n) is 7.13. The molecule has 6 heteroatoms. The van der Waals surface area contributed by atoms with E-state index in [1.54, 1.807) is 12.4 Å². The van der Waals surface area contributed by atoms with Crippen LogP contribution in [0.25, 0.3) is 0 Å². The van der Waals surface area contributed by atoms with E-state index in [1.807, 2.05) is 6.07 Å². The molecule has 2 aliphatic rings. The highest BCUT2D eigenvalue weighted by molar-refractivity contribution is 5.35. The summed E-state index contributed by atoms with van der Waals surface area (Å²) < 4.78 is 11.7. The topological polar surface area (TPSA) is 50.7 Å². The lowest BCUT2D eigenvalue weighted by Crippen LogP contribution is -2.33. The minimum absolute atomic E-state index is 0.214. The fourth-order valence-corrected chi connectivity index (χ4v) is 2.93. The molecule has 1 aromatic rings. The SMILES string of the molecule is CN(C)CCO[C@@H]1CN(c2ncccn2)[C@H]2COC[C@@H]12. The lowest BCUT2D eigenvalue weighted by atomic mass is 10.0. The summed E-state index contributed by atoms with van der Waals surface area (Å²) in [5, 5.41) is 0. The second kappa shape index (κ2) is 6.03. The maximum absolute atomic E-state index is 6.06. The summed E-state index contributed by atoms with van der Waals surface area (Å²) in [6.07, 6.45) is 3.78. The van der Waals surface area contributed by atoms with E-state index in [0.29, 0.717) is 12.0 Å². The first-order chi connectivity index (χ1) is 9.75. The molecule has 2 aliphatic heterocycles. The van der Waals surface area contributed by atoms with E-state index in [-0.39, 0.29) is 6.10 Å². The lowest BCUT2D eigenvalue weighted by molar-refractivity contribution is 0.0204. The number of anilines is 1. The number of fused-ring (bicyclic) bond motifs is 1. The Kier molecular flexibility index (Phi) is 4.14. The average molecular weight is 278 g/mol. The quantitative estimate of drug-likeness (QED) is 0.770. The Hall–Kier alpha value is -1.24. The van der Waals surface area contributed by atoms with Crippen molar-refractivity contribution in [3.63, 3.8) is 0 Å². The van der Waals surface area contributed by atoms with Crippen LogP contribution in [0.15, 0.2) is 18.5 Å². The van der Waals surface area contributed by atoms with Crippen LogP contribution in [0, 0.1) is 5.92 Å². The van der Waals surface area contributed by atoms with Gasteiger partial charge in [0.1, 0.15) is 0 Å². The van der Waals surface area contributed by atoms with Crippen molar-refractivity contribution in [3.8, 4) is 0 Å².